The monoisotopic (exact) mass is 383 g/mol. The van der Waals surface area contributed by atoms with Gasteiger partial charge in [-0.05, 0) is 19.8 Å². The van der Waals surface area contributed by atoms with Gasteiger partial charge in [0.2, 0.25) is 0 Å². The molecule has 6 nitrogen and oxygen atoms in total. The highest BCUT2D eigenvalue weighted by molar-refractivity contribution is 7.15. The van der Waals surface area contributed by atoms with Crippen LogP contribution in [0.2, 0.25) is 0 Å². The number of nitrogens with zero attached hydrogens (tertiary/aromatic N) is 4. The first-order valence-electron chi connectivity index (χ1n) is 9.94. The highest BCUT2D eigenvalue weighted by atomic mass is 32.1. The first-order valence-corrected chi connectivity index (χ1v) is 10.8. The largest absolute Gasteiger partial charge is 0.310 e. The Morgan fingerprint density at radius 3 is 2.96 bits per heavy atom. The fraction of sp³-hybridized carbons (Fsp3) is 0.550. The summed E-state index contributed by atoms with van der Waals surface area (Å²) >= 11 is 1.66. The fourth-order valence-corrected chi connectivity index (χ4v) is 5.33. The van der Waals surface area contributed by atoms with Gasteiger partial charge in [-0.2, -0.15) is 0 Å². The van der Waals surface area contributed by atoms with Gasteiger partial charge in [-0.3, -0.25) is 14.1 Å². The summed E-state index contributed by atoms with van der Waals surface area (Å²) in [6, 6.07) is 0. The summed E-state index contributed by atoms with van der Waals surface area (Å²) in [6.07, 6.45) is 9.06. The normalized spacial score (nSPS) is 18.9. The second kappa shape index (κ2) is 6.87. The average molecular weight is 384 g/mol. The highest BCUT2D eigenvalue weighted by Gasteiger charge is 2.25. The van der Waals surface area contributed by atoms with Gasteiger partial charge in [0.25, 0.3) is 5.56 Å². The first-order chi connectivity index (χ1) is 13.2. The smallest absolute Gasteiger partial charge is 0.255 e. The third kappa shape index (κ3) is 3.12. The quantitative estimate of drug-likeness (QED) is 0.753. The molecule has 0 unspecified atom stereocenters. The molecule has 0 atom stereocenters. The second-order valence-corrected chi connectivity index (χ2v) is 8.74. The molecule has 1 aliphatic carbocycles. The van der Waals surface area contributed by atoms with Crippen molar-refractivity contribution in [1.29, 1.82) is 0 Å². The first kappa shape index (κ1) is 17.1. The van der Waals surface area contributed by atoms with Crippen LogP contribution in [-0.4, -0.2) is 30.8 Å². The molecule has 3 aromatic rings. The van der Waals surface area contributed by atoms with Crippen LogP contribution in [0.1, 0.15) is 66.5 Å². The van der Waals surface area contributed by atoms with Gasteiger partial charge in [0.05, 0.1) is 22.6 Å². The van der Waals surface area contributed by atoms with Gasteiger partial charge in [0.1, 0.15) is 5.82 Å². The van der Waals surface area contributed by atoms with Gasteiger partial charge in [-0.15, -0.1) is 11.3 Å². The van der Waals surface area contributed by atoms with Crippen molar-refractivity contribution in [1.82, 2.24) is 24.3 Å². The van der Waals surface area contributed by atoms with E-state index in [2.05, 4.69) is 37.8 Å². The second-order valence-electron chi connectivity index (χ2n) is 7.87. The summed E-state index contributed by atoms with van der Waals surface area (Å²) in [5.41, 5.74) is 4.23. The number of H-pyrrole nitrogens is 1. The van der Waals surface area contributed by atoms with E-state index in [0.29, 0.717) is 12.5 Å². The molecule has 2 aliphatic rings. The Morgan fingerprint density at radius 2 is 2.11 bits per heavy atom. The number of imidazole rings is 1. The predicted molar refractivity (Wildman–Crippen MR) is 106 cm³/mol. The maximum absolute atomic E-state index is 12.8. The van der Waals surface area contributed by atoms with Crippen LogP contribution in [0.25, 0.3) is 4.96 Å². The van der Waals surface area contributed by atoms with Crippen LogP contribution >= 0.6 is 11.3 Å². The average Bonchev–Trinajstić information content (AvgIpc) is 3.25. The Bertz CT molecular complexity index is 1030. The molecule has 1 saturated carbocycles. The summed E-state index contributed by atoms with van der Waals surface area (Å²) in [5.74, 6) is 1.37. The number of fused-ring (bicyclic) bond motifs is 2. The van der Waals surface area contributed by atoms with Crippen molar-refractivity contribution in [2.24, 2.45) is 0 Å². The zero-order valence-corrected chi connectivity index (χ0v) is 16.5. The van der Waals surface area contributed by atoms with Gasteiger partial charge < -0.3 is 4.98 Å². The number of nitrogens with one attached hydrogen (secondary N) is 1. The van der Waals surface area contributed by atoms with E-state index >= 15 is 0 Å². The van der Waals surface area contributed by atoms with Gasteiger partial charge in [-0.25, -0.2) is 9.97 Å². The minimum absolute atomic E-state index is 0.0657. The number of hydrogen-bond donors (Lipinski definition) is 1. The van der Waals surface area contributed by atoms with Crippen molar-refractivity contribution < 1.29 is 0 Å². The molecule has 0 bridgehead atoms. The van der Waals surface area contributed by atoms with Crippen molar-refractivity contribution >= 4 is 16.3 Å². The number of hydrogen-bond acceptors (Lipinski definition) is 5. The maximum Gasteiger partial charge on any atom is 0.255 e. The molecule has 0 spiro atoms. The molecule has 142 valence electrons. The van der Waals surface area contributed by atoms with Crippen molar-refractivity contribution in [2.45, 2.75) is 64.5 Å². The van der Waals surface area contributed by atoms with Crippen LogP contribution < -0.4 is 5.56 Å². The van der Waals surface area contributed by atoms with Gasteiger partial charge in [0.15, 0.2) is 4.96 Å². The minimum Gasteiger partial charge on any atom is -0.310 e. The van der Waals surface area contributed by atoms with Crippen LogP contribution in [0, 0.1) is 6.92 Å². The third-order valence-corrected chi connectivity index (χ3v) is 6.85. The Hall–Kier alpha value is -1.99. The van der Waals surface area contributed by atoms with Gasteiger partial charge in [-0.1, -0.05) is 19.3 Å². The lowest BCUT2D eigenvalue weighted by molar-refractivity contribution is 0.237. The lowest BCUT2D eigenvalue weighted by Gasteiger charge is -2.28. The molecule has 1 aliphatic heterocycles. The fourth-order valence-electron chi connectivity index (χ4n) is 4.55. The predicted octanol–water partition coefficient (Wildman–Crippen LogP) is 3.39. The van der Waals surface area contributed by atoms with E-state index in [1.807, 2.05) is 0 Å². The van der Waals surface area contributed by atoms with E-state index in [1.54, 1.807) is 11.3 Å². The molecule has 3 aromatic heterocycles. The van der Waals surface area contributed by atoms with Crippen LogP contribution in [0.5, 0.6) is 0 Å². The molecule has 0 aromatic carbocycles. The Balaban J connectivity index is 1.39. The van der Waals surface area contributed by atoms with E-state index in [9.17, 15) is 4.79 Å². The van der Waals surface area contributed by atoms with Crippen LogP contribution in [-0.2, 0) is 19.5 Å². The molecular formula is C20H25N5OS. The molecular weight excluding hydrogens is 358 g/mol. The number of aromatic amines is 1. The topological polar surface area (TPSA) is 66.3 Å². The summed E-state index contributed by atoms with van der Waals surface area (Å²) < 4.78 is 2.17. The molecule has 4 heterocycles. The zero-order chi connectivity index (χ0) is 18.4. The Labute approximate surface area is 162 Å². The van der Waals surface area contributed by atoms with E-state index in [0.717, 1.165) is 60.1 Å². The summed E-state index contributed by atoms with van der Waals surface area (Å²) in [4.78, 5) is 28.8. The zero-order valence-electron chi connectivity index (χ0n) is 15.7. The molecule has 27 heavy (non-hydrogen) atoms. The number of thiazole rings is 1. The number of rotatable bonds is 3. The van der Waals surface area contributed by atoms with E-state index < -0.39 is 0 Å². The van der Waals surface area contributed by atoms with Crippen molar-refractivity contribution in [3.05, 3.63) is 50.4 Å². The van der Waals surface area contributed by atoms with Crippen LogP contribution in [0.3, 0.4) is 0 Å². The van der Waals surface area contributed by atoms with Crippen molar-refractivity contribution in [2.75, 3.05) is 6.54 Å². The Kier molecular flexibility index (Phi) is 4.36. The summed E-state index contributed by atoms with van der Waals surface area (Å²) in [6.45, 7) is 4.48. The molecule has 1 N–H and O–H groups in total. The summed E-state index contributed by atoms with van der Waals surface area (Å²) in [5, 5.41) is 2.07. The SMILES string of the molecule is Cc1nc2sccn2c1CN1CCc2nc(C3CCCCC3)[nH]c(=O)c2C1. The van der Waals surface area contributed by atoms with Gasteiger partial charge in [0, 0.05) is 43.5 Å². The highest BCUT2D eigenvalue weighted by Crippen LogP contribution is 2.31. The standard InChI is InChI=1S/C20H25N5OS/c1-13-17(25-9-10-27-20(25)21-13)12-24-8-7-16-15(11-24)19(26)23-18(22-16)14-5-3-2-4-6-14/h9-10,14H,2-8,11-12H2,1H3,(H,22,23,26). The Morgan fingerprint density at radius 1 is 1.26 bits per heavy atom. The van der Waals surface area contributed by atoms with Crippen molar-refractivity contribution in [3.8, 4) is 0 Å². The van der Waals surface area contributed by atoms with E-state index in [-0.39, 0.29) is 5.56 Å². The molecule has 5 rings (SSSR count). The molecule has 7 heteroatoms. The molecule has 0 saturated heterocycles. The molecule has 1 fully saturated rings. The van der Waals surface area contributed by atoms with E-state index in [1.165, 1.54) is 25.0 Å². The molecule has 0 radical (unpaired) electrons. The van der Waals surface area contributed by atoms with Crippen LogP contribution in [0.4, 0.5) is 0 Å². The maximum atomic E-state index is 12.8. The lowest BCUT2D eigenvalue weighted by atomic mass is 9.88. The third-order valence-electron chi connectivity index (χ3n) is 6.09. The number of aromatic nitrogens is 4. The van der Waals surface area contributed by atoms with Crippen LogP contribution in [0.15, 0.2) is 16.4 Å². The van der Waals surface area contributed by atoms with E-state index in [4.69, 9.17) is 4.98 Å². The summed E-state index contributed by atoms with van der Waals surface area (Å²) in [7, 11) is 0. The van der Waals surface area contributed by atoms with Crippen molar-refractivity contribution in [3.63, 3.8) is 0 Å². The lowest BCUT2D eigenvalue weighted by Crippen LogP contribution is -2.36. The van der Waals surface area contributed by atoms with Gasteiger partial charge >= 0.3 is 0 Å². The molecule has 0 amide bonds. The number of aryl methyl sites for hydroxylation is 1. The minimum atomic E-state index is 0.0657.